The van der Waals surface area contributed by atoms with E-state index in [9.17, 15) is 9.90 Å². The van der Waals surface area contributed by atoms with Gasteiger partial charge in [-0.1, -0.05) is 33.6 Å². The predicted octanol–water partition coefficient (Wildman–Crippen LogP) is 3.01. The third-order valence-electron chi connectivity index (χ3n) is 4.93. The minimum absolute atomic E-state index is 0.0131. The van der Waals surface area contributed by atoms with Crippen molar-refractivity contribution in [2.75, 3.05) is 6.54 Å². The molecule has 0 bridgehead atoms. The van der Waals surface area contributed by atoms with Crippen LogP contribution in [0.3, 0.4) is 0 Å². The van der Waals surface area contributed by atoms with E-state index in [2.05, 4.69) is 26.1 Å². The van der Waals surface area contributed by atoms with E-state index < -0.39 is 5.60 Å². The normalized spacial score (nSPS) is 18.9. The van der Waals surface area contributed by atoms with Crippen LogP contribution in [0, 0.1) is 5.41 Å². The number of carbonyl (C=O) groups excluding carboxylic acids is 1. The number of carbonyl (C=O) groups is 1. The zero-order chi connectivity index (χ0) is 13.6. The first kappa shape index (κ1) is 15.5. The van der Waals surface area contributed by atoms with Gasteiger partial charge in [-0.3, -0.25) is 4.79 Å². The summed E-state index contributed by atoms with van der Waals surface area (Å²) in [7, 11) is 0. The second-order valence-corrected chi connectivity index (χ2v) is 5.95. The fraction of sp³-hybridized carbons (Fsp3) is 0.933. The van der Waals surface area contributed by atoms with Crippen LogP contribution in [0.4, 0.5) is 0 Å². The van der Waals surface area contributed by atoms with Gasteiger partial charge in [-0.15, -0.1) is 0 Å². The molecule has 0 aromatic carbocycles. The molecule has 0 radical (unpaired) electrons. The quantitative estimate of drug-likeness (QED) is 0.734. The van der Waals surface area contributed by atoms with Gasteiger partial charge in [-0.25, -0.2) is 0 Å². The Balaban J connectivity index is 2.40. The zero-order valence-electron chi connectivity index (χ0n) is 12.2. The van der Waals surface area contributed by atoms with E-state index in [1.54, 1.807) is 0 Å². The number of rotatable bonds is 7. The molecule has 1 amide bonds. The SMILES string of the molecule is CCC(CC)(CC)CNC(=O)CC1(O)CCCC1. The van der Waals surface area contributed by atoms with Crippen LogP contribution in [0.1, 0.15) is 72.1 Å². The fourth-order valence-electron chi connectivity index (χ4n) is 2.98. The first-order valence-corrected chi connectivity index (χ1v) is 7.48. The predicted molar refractivity (Wildman–Crippen MR) is 74.4 cm³/mol. The van der Waals surface area contributed by atoms with Gasteiger partial charge in [-0.2, -0.15) is 0 Å². The lowest BCUT2D eigenvalue weighted by Gasteiger charge is -2.31. The number of nitrogens with one attached hydrogen (secondary N) is 1. The molecule has 1 fully saturated rings. The summed E-state index contributed by atoms with van der Waals surface area (Å²) in [6, 6.07) is 0. The van der Waals surface area contributed by atoms with E-state index in [0.717, 1.165) is 51.5 Å². The molecule has 0 aromatic rings. The van der Waals surface area contributed by atoms with Crippen LogP contribution >= 0.6 is 0 Å². The van der Waals surface area contributed by atoms with Gasteiger partial charge in [0, 0.05) is 6.54 Å². The summed E-state index contributed by atoms with van der Waals surface area (Å²) in [6.45, 7) is 7.29. The molecule has 0 saturated heterocycles. The van der Waals surface area contributed by atoms with Gasteiger partial charge >= 0.3 is 0 Å². The molecule has 18 heavy (non-hydrogen) atoms. The van der Waals surface area contributed by atoms with Crippen molar-refractivity contribution in [3.63, 3.8) is 0 Å². The van der Waals surface area contributed by atoms with Crippen LogP contribution in [0.15, 0.2) is 0 Å². The topological polar surface area (TPSA) is 49.3 Å². The minimum atomic E-state index is -0.725. The standard InChI is InChI=1S/C15H29NO2/c1-4-14(5-2,6-3)12-16-13(17)11-15(18)9-7-8-10-15/h18H,4-12H2,1-3H3,(H,16,17). The van der Waals surface area contributed by atoms with E-state index in [1.165, 1.54) is 0 Å². The Morgan fingerprint density at radius 1 is 1.17 bits per heavy atom. The van der Waals surface area contributed by atoms with Crippen molar-refractivity contribution in [3.8, 4) is 0 Å². The second-order valence-electron chi connectivity index (χ2n) is 5.95. The van der Waals surface area contributed by atoms with Crippen molar-refractivity contribution in [3.05, 3.63) is 0 Å². The summed E-state index contributed by atoms with van der Waals surface area (Å²) in [4.78, 5) is 11.9. The van der Waals surface area contributed by atoms with E-state index in [0.29, 0.717) is 0 Å². The van der Waals surface area contributed by atoms with Crippen LogP contribution in [-0.4, -0.2) is 23.2 Å². The van der Waals surface area contributed by atoms with Gasteiger partial charge in [0.15, 0.2) is 0 Å². The maximum atomic E-state index is 11.9. The van der Waals surface area contributed by atoms with Gasteiger partial charge < -0.3 is 10.4 Å². The molecule has 2 N–H and O–H groups in total. The Kier molecular flexibility index (Phi) is 5.64. The number of aliphatic hydroxyl groups is 1. The Hall–Kier alpha value is -0.570. The van der Waals surface area contributed by atoms with Gasteiger partial charge in [0.25, 0.3) is 0 Å². The third-order valence-corrected chi connectivity index (χ3v) is 4.93. The van der Waals surface area contributed by atoms with Crippen molar-refractivity contribution >= 4 is 5.91 Å². The van der Waals surface area contributed by atoms with Gasteiger partial charge in [-0.05, 0) is 37.5 Å². The molecule has 1 rings (SSSR count). The maximum Gasteiger partial charge on any atom is 0.222 e. The smallest absolute Gasteiger partial charge is 0.222 e. The van der Waals surface area contributed by atoms with Crippen LogP contribution in [0.5, 0.6) is 0 Å². The molecule has 0 aliphatic heterocycles. The Bertz CT molecular complexity index is 257. The molecule has 0 unspecified atom stereocenters. The van der Waals surface area contributed by atoms with Gasteiger partial charge in [0.2, 0.25) is 5.91 Å². The van der Waals surface area contributed by atoms with Gasteiger partial charge in [0.05, 0.1) is 12.0 Å². The highest BCUT2D eigenvalue weighted by Crippen LogP contribution is 2.33. The lowest BCUT2D eigenvalue weighted by molar-refractivity contribution is -0.126. The molecular formula is C15H29NO2. The molecular weight excluding hydrogens is 226 g/mol. The van der Waals surface area contributed by atoms with Crippen LogP contribution < -0.4 is 5.32 Å². The van der Waals surface area contributed by atoms with Crippen LogP contribution in [-0.2, 0) is 4.79 Å². The van der Waals surface area contributed by atoms with Crippen molar-refractivity contribution in [2.45, 2.75) is 77.7 Å². The molecule has 0 aromatic heterocycles. The molecule has 0 heterocycles. The number of hydrogen-bond acceptors (Lipinski definition) is 2. The fourth-order valence-corrected chi connectivity index (χ4v) is 2.98. The van der Waals surface area contributed by atoms with E-state index in [4.69, 9.17) is 0 Å². The molecule has 3 nitrogen and oxygen atoms in total. The molecule has 106 valence electrons. The minimum Gasteiger partial charge on any atom is -0.389 e. The summed E-state index contributed by atoms with van der Waals surface area (Å²) >= 11 is 0. The van der Waals surface area contributed by atoms with Crippen molar-refractivity contribution in [2.24, 2.45) is 5.41 Å². The van der Waals surface area contributed by atoms with E-state index in [-0.39, 0.29) is 17.7 Å². The molecule has 0 atom stereocenters. The Morgan fingerprint density at radius 2 is 1.67 bits per heavy atom. The van der Waals surface area contributed by atoms with Crippen LogP contribution in [0.25, 0.3) is 0 Å². The van der Waals surface area contributed by atoms with Crippen molar-refractivity contribution < 1.29 is 9.90 Å². The zero-order valence-corrected chi connectivity index (χ0v) is 12.2. The molecule has 3 heteroatoms. The highest BCUT2D eigenvalue weighted by Gasteiger charge is 2.34. The first-order valence-electron chi connectivity index (χ1n) is 7.48. The monoisotopic (exact) mass is 255 g/mol. The first-order chi connectivity index (χ1) is 8.49. The average Bonchev–Trinajstić information content (AvgIpc) is 2.78. The van der Waals surface area contributed by atoms with E-state index in [1.807, 2.05) is 0 Å². The summed E-state index contributed by atoms with van der Waals surface area (Å²) in [6.07, 6.45) is 7.20. The summed E-state index contributed by atoms with van der Waals surface area (Å²) in [5.41, 5.74) is -0.495. The maximum absolute atomic E-state index is 11.9. The molecule has 0 spiro atoms. The number of hydrogen-bond donors (Lipinski definition) is 2. The van der Waals surface area contributed by atoms with Gasteiger partial charge in [0.1, 0.15) is 0 Å². The van der Waals surface area contributed by atoms with Crippen molar-refractivity contribution in [1.29, 1.82) is 0 Å². The lowest BCUT2D eigenvalue weighted by Crippen LogP contribution is -2.40. The van der Waals surface area contributed by atoms with Crippen molar-refractivity contribution in [1.82, 2.24) is 5.32 Å². The number of amides is 1. The Labute approximate surface area is 111 Å². The summed E-state index contributed by atoms with van der Waals surface area (Å²) < 4.78 is 0. The Morgan fingerprint density at radius 3 is 2.11 bits per heavy atom. The molecule has 1 aliphatic carbocycles. The third kappa shape index (κ3) is 3.98. The van der Waals surface area contributed by atoms with E-state index >= 15 is 0 Å². The summed E-state index contributed by atoms with van der Waals surface area (Å²) in [5, 5.41) is 13.2. The lowest BCUT2D eigenvalue weighted by atomic mass is 9.80. The highest BCUT2D eigenvalue weighted by atomic mass is 16.3. The average molecular weight is 255 g/mol. The second kappa shape index (κ2) is 6.55. The molecule has 1 aliphatic rings. The highest BCUT2D eigenvalue weighted by molar-refractivity contribution is 5.77. The van der Waals surface area contributed by atoms with Crippen LogP contribution in [0.2, 0.25) is 0 Å². The summed E-state index contributed by atoms with van der Waals surface area (Å²) in [5.74, 6) is 0.0131. The molecule has 1 saturated carbocycles. The largest absolute Gasteiger partial charge is 0.389 e.